The molecule has 4 aromatic rings. The van der Waals surface area contributed by atoms with Gasteiger partial charge in [0.2, 0.25) is 17.7 Å². The highest BCUT2D eigenvalue weighted by Gasteiger charge is 2.32. The van der Waals surface area contributed by atoms with E-state index >= 15 is 0 Å². The van der Waals surface area contributed by atoms with E-state index in [0.717, 1.165) is 52.5 Å². The monoisotopic (exact) mass is 675 g/mol. The molecular weight excluding hydrogens is 630 g/mol. The Kier molecular flexibility index (Phi) is 11.0. The number of nitrogen functional groups attached to an aromatic ring is 1. The first-order valence-electron chi connectivity index (χ1n) is 17.4. The number of nitrogens with zero attached hydrogens (tertiary/aromatic N) is 1. The predicted octanol–water partition coefficient (Wildman–Crippen LogP) is 4.67. The molecule has 50 heavy (non-hydrogen) atoms. The molecule has 2 unspecified atom stereocenters. The quantitative estimate of drug-likeness (QED) is 0.227. The summed E-state index contributed by atoms with van der Waals surface area (Å²) >= 11 is 0. The van der Waals surface area contributed by atoms with Gasteiger partial charge in [-0.3, -0.25) is 19.2 Å². The molecule has 3 atom stereocenters. The molecule has 260 valence electrons. The molecule has 0 saturated carbocycles. The van der Waals surface area contributed by atoms with E-state index in [2.05, 4.69) is 16.0 Å². The van der Waals surface area contributed by atoms with Gasteiger partial charge in [-0.25, -0.2) is 0 Å². The van der Waals surface area contributed by atoms with Gasteiger partial charge in [-0.15, -0.1) is 0 Å². The third-order valence-electron chi connectivity index (χ3n) is 9.76. The second kappa shape index (κ2) is 15.9. The van der Waals surface area contributed by atoms with Crippen LogP contribution in [0.4, 0.5) is 5.69 Å². The number of aryl methyl sites for hydroxylation is 2. The van der Waals surface area contributed by atoms with E-state index in [1.54, 1.807) is 29.2 Å². The number of carbonyl (C=O) groups excluding carboxylic acids is 4. The van der Waals surface area contributed by atoms with Gasteiger partial charge < -0.3 is 31.3 Å². The van der Waals surface area contributed by atoms with Gasteiger partial charge in [0, 0.05) is 30.9 Å². The predicted molar refractivity (Wildman–Crippen MR) is 193 cm³/mol. The molecule has 0 radical (unpaired) electrons. The standard InChI is InChI=1S/C40H45N5O5/c1-26-9-15-34-22-32(26)24-42-39(48)35(16-10-27-6-3-2-4-7-27)43-40(49)36(23-37(46)45-18-5-8-28(25-45)17-19-50-34)44-38(47)31-12-11-30-21-33(41)14-13-29(30)20-31/h2-4,6-7,9,11-15,20-22,28,35-36H,5,8,10,16-19,23-25,41H2,1H3,(H,42,48)(H,43,49)(H,44,47)/t28?,35?,36-/m0/s1. The lowest BCUT2D eigenvalue weighted by atomic mass is 9.94. The summed E-state index contributed by atoms with van der Waals surface area (Å²) in [6.45, 7) is 3.87. The fraction of sp³-hybridized carbons (Fsp3) is 0.350. The Labute approximate surface area is 292 Å². The van der Waals surface area contributed by atoms with Crippen LogP contribution < -0.4 is 26.4 Å². The van der Waals surface area contributed by atoms with E-state index in [1.807, 2.05) is 67.6 Å². The van der Waals surface area contributed by atoms with Crippen LogP contribution in [0.1, 0.15) is 59.2 Å². The van der Waals surface area contributed by atoms with Gasteiger partial charge >= 0.3 is 0 Å². The minimum Gasteiger partial charge on any atom is -0.494 e. The maximum Gasteiger partial charge on any atom is 0.251 e. The highest BCUT2D eigenvalue weighted by Crippen LogP contribution is 2.24. The van der Waals surface area contributed by atoms with E-state index in [0.29, 0.717) is 43.8 Å². The number of nitrogens with two attached hydrogens (primary N) is 1. The number of amides is 4. The van der Waals surface area contributed by atoms with Crippen LogP contribution in [0, 0.1) is 12.8 Å². The number of hydrogen-bond acceptors (Lipinski definition) is 6. The van der Waals surface area contributed by atoms with Gasteiger partial charge in [0.05, 0.1) is 13.0 Å². The summed E-state index contributed by atoms with van der Waals surface area (Å²) in [5.41, 5.74) is 9.84. The molecule has 2 aliphatic heterocycles. The number of fused-ring (bicyclic) bond motifs is 5. The van der Waals surface area contributed by atoms with Gasteiger partial charge in [-0.05, 0) is 109 Å². The van der Waals surface area contributed by atoms with Crippen molar-refractivity contribution in [2.24, 2.45) is 5.92 Å². The molecule has 4 aromatic carbocycles. The summed E-state index contributed by atoms with van der Waals surface area (Å²) in [7, 11) is 0. The van der Waals surface area contributed by atoms with Gasteiger partial charge in [-0.1, -0.05) is 48.5 Å². The zero-order valence-corrected chi connectivity index (χ0v) is 28.5. The number of benzene rings is 4. The molecule has 10 nitrogen and oxygen atoms in total. The van der Waals surface area contributed by atoms with Crippen molar-refractivity contribution in [3.63, 3.8) is 0 Å². The SMILES string of the molecule is Cc1ccc2cc1CNC(=O)C(CCc1ccccc1)NC(=O)[C@@H](NC(=O)c1ccc3cc(N)ccc3c1)CC(=O)N1CCCC(CCO2)C1. The van der Waals surface area contributed by atoms with Crippen LogP contribution in [-0.2, 0) is 27.3 Å². The largest absolute Gasteiger partial charge is 0.494 e. The average molecular weight is 676 g/mol. The van der Waals surface area contributed by atoms with Crippen molar-refractivity contribution in [1.82, 2.24) is 20.9 Å². The Morgan fingerprint density at radius 2 is 1.74 bits per heavy atom. The van der Waals surface area contributed by atoms with Crippen molar-refractivity contribution in [2.75, 3.05) is 25.4 Å². The van der Waals surface area contributed by atoms with Crippen molar-refractivity contribution in [3.8, 4) is 5.75 Å². The van der Waals surface area contributed by atoms with Crippen molar-refractivity contribution < 1.29 is 23.9 Å². The van der Waals surface area contributed by atoms with E-state index in [9.17, 15) is 19.2 Å². The van der Waals surface area contributed by atoms with Crippen LogP contribution in [0.5, 0.6) is 5.75 Å². The van der Waals surface area contributed by atoms with E-state index < -0.39 is 23.9 Å². The molecule has 2 heterocycles. The molecule has 6 rings (SSSR count). The topological polar surface area (TPSA) is 143 Å². The molecule has 4 bridgehead atoms. The summed E-state index contributed by atoms with van der Waals surface area (Å²) in [5.74, 6) is -0.674. The fourth-order valence-electron chi connectivity index (χ4n) is 6.76. The molecule has 10 heteroatoms. The number of rotatable bonds is 5. The van der Waals surface area contributed by atoms with Crippen LogP contribution in [-0.4, -0.2) is 60.3 Å². The zero-order chi connectivity index (χ0) is 35.0. The Morgan fingerprint density at radius 3 is 2.58 bits per heavy atom. The van der Waals surface area contributed by atoms with Gasteiger partial charge in [0.15, 0.2) is 0 Å². The van der Waals surface area contributed by atoms with Crippen molar-refractivity contribution in [1.29, 1.82) is 0 Å². The second-order valence-corrected chi connectivity index (χ2v) is 13.4. The van der Waals surface area contributed by atoms with Crippen molar-refractivity contribution >= 4 is 40.1 Å². The Balaban J connectivity index is 1.28. The van der Waals surface area contributed by atoms with Crippen molar-refractivity contribution in [3.05, 3.63) is 107 Å². The summed E-state index contributed by atoms with van der Waals surface area (Å²) in [6, 6.07) is 24.1. The summed E-state index contributed by atoms with van der Waals surface area (Å²) in [5, 5.41) is 10.4. The first kappa shape index (κ1) is 34.5. The zero-order valence-electron chi connectivity index (χ0n) is 28.5. The van der Waals surface area contributed by atoms with Gasteiger partial charge in [0.1, 0.15) is 17.8 Å². The summed E-state index contributed by atoms with van der Waals surface area (Å²) in [6.07, 6.45) is 3.23. The van der Waals surface area contributed by atoms with Crippen molar-refractivity contribution in [2.45, 2.75) is 64.1 Å². The van der Waals surface area contributed by atoms with Crippen LogP contribution in [0.3, 0.4) is 0 Å². The highest BCUT2D eigenvalue weighted by atomic mass is 16.5. The summed E-state index contributed by atoms with van der Waals surface area (Å²) in [4.78, 5) is 57.1. The van der Waals surface area contributed by atoms with Crippen LogP contribution in [0.25, 0.3) is 10.8 Å². The normalized spacial score (nSPS) is 20.5. The lowest BCUT2D eigenvalue weighted by molar-refractivity contribution is -0.137. The third-order valence-corrected chi connectivity index (χ3v) is 9.76. The highest BCUT2D eigenvalue weighted by molar-refractivity contribution is 6.02. The maximum atomic E-state index is 14.1. The fourth-order valence-corrected chi connectivity index (χ4v) is 6.76. The van der Waals surface area contributed by atoms with Crippen LogP contribution >= 0.6 is 0 Å². The van der Waals surface area contributed by atoms with E-state index in [1.165, 1.54) is 0 Å². The molecule has 0 aromatic heterocycles. The molecule has 5 N–H and O–H groups in total. The number of anilines is 1. The van der Waals surface area contributed by atoms with Gasteiger partial charge in [0.25, 0.3) is 5.91 Å². The molecule has 0 aliphatic carbocycles. The molecule has 4 amide bonds. The maximum absolute atomic E-state index is 14.1. The number of hydrogen-bond donors (Lipinski definition) is 4. The molecule has 1 fully saturated rings. The Morgan fingerprint density at radius 1 is 0.940 bits per heavy atom. The first-order valence-corrected chi connectivity index (χ1v) is 17.4. The minimum absolute atomic E-state index is 0.223. The average Bonchev–Trinajstić information content (AvgIpc) is 3.12. The minimum atomic E-state index is -1.20. The number of carbonyl (C=O) groups is 4. The molecular formula is C40H45N5O5. The number of nitrogens with one attached hydrogen (secondary N) is 3. The molecule has 0 spiro atoms. The summed E-state index contributed by atoms with van der Waals surface area (Å²) < 4.78 is 6.12. The van der Waals surface area contributed by atoms with E-state index in [-0.39, 0.29) is 30.7 Å². The first-order chi connectivity index (χ1) is 24.2. The third kappa shape index (κ3) is 8.80. The van der Waals surface area contributed by atoms with Gasteiger partial charge in [-0.2, -0.15) is 0 Å². The van der Waals surface area contributed by atoms with Crippen LogP contribution in [0.15, 0.2) is 84.9 Å². The lowest BCUT2D eigenvalue weighted by Crippen LogP contribution is -2.55. The molecule has 2 aliphatic rings. The number of piperidine rings is 1. The second-order valence-electron chi connectivity index (χ2n) is 13.4. The smallest absolute Gasteiger partial charge is 0.251 e. The molecule has 1 saturated heterocycles. The lowest BCUT2D eigenvalue weighted by Gasteiger charge is -2.34. The van der Waals surface area contributed by atoms with E-state index in [4.69, 9.17) is 10.5 Å². The number of ether oxygens (including phenoxy) is 1. The van der Waals surface area contributed by atoms with Crippen LogP contribution in [0.2, 0.25) is 0 Å². The Hall–Kier alpha value is -5.38. The Bertz CT molecular complexity index is 1860.